The summed E-state index contributed by atoms with van der Waals surface area (Å²) in [5.41, 5.74) is 1.49. The van der Waals surface area contributed by atoms with Gasteiger partial charge in [-0.3, -0.25) is 9.59 Å². The Morgan fingerprint density at radius 2 is 2.08 bits per heavy atom. The van der Waals surface area contributed by atoms with Crippen molar-refractivity contribution in [1.29, 1.82) is 0 Å². The minimum Gasteiger partial charge on any atom is -0.385 e. The molecule has 0 fully saturated rings. The number of oxime groups is 1. The number of nitrogens with one attached hydrogen (secondary N) is 2. The van der Waals surface area contributed by atoms with E-state index in [1.807, 2.05) is 24.4 Å². The SMILES string of the molecule is C=CCNC(=O)c1ccccc1NC(=O)CON=C(C)c1cccs1. The lowest BCUT2D eigenvalue weighted by molar-refractivity contribution is -0.120. The molecule has 2 N–H and O–H groups in total. The number of rotatable bonds is 8. The molecule has 6 nitrogen and oxygen atoms in total. The quantitative estimate of drug-likeness (QED) is 0.433. The van der Waals surface area contributed by atoms with Gasteiger partial charge in [-0.25, -0.2) is 0 Å². The van der Waals surface area contributed by atoms with Crippen LogP contribution < -0.4 is 10.6 Å². The Bertz CT molecular complexity index is 770. The highest BCUT2D eigenvalue weighted by Crippen LogP contribution is 2.15. The van der Waals surface area contributed by atoms with Crippen LogP contribution in [0.2, 0.25) is 0 Å². The summed E-state index contributed by atoms with van der Waals surface area (Å²) in [5, 5.41) is 11.2. The molecule has 0 saturated carbocycles. The molecule has 1 aromatic carbocycles. The van der Waals surface area contributed by atoms with Gasteiger partial charge in [0.15, 0.2) is 6.61 Å². The fourth-order valence-electron chi connectivity index (χ4n) is 1.95. The summed E-state index contributed by atoms with van der Waals surface area (Å²) in [4.78, 5) is 30.2. The highest BCUT2D eigenvalue weighted by atomic mass is 32.1. The van der Waals surface area contributed by atoms with Crippen LogP contribution in [0.25, 0.3) is 0 Å². The first kappa shape index (κ1) is 18.4. The second kappa shape index (κ2) is 9.39. The van der Waals surface area contributed by atoms with Crippen LogP contribution in [0.5, 0.6) is 0 Å². The first-order valence-electron chi connectivity index (χ1n) is 7.60. The highest BCUT2D eigenvalue weighted by molar-refractivity contribution is 7.12. The van der Waals surface area contributed by atoms with Gasteiger partial charge in [-0.2, -0.15) is 0 Å². The van der Waals surface area contributed by atoms with Crippen molar-refractivity contribution in [3.63, 3.8) is 0 Å². The van der Waals surface area contributed by atoms with Crippen LogP contribution in [-0.4, -0.2) is 30.7 Å². The molecule has 0 saturated heterocycles. The number of amides is 2. The maximum absolute atomic E-state index is 12.1. The third-order valence-corrected chi connectivity index (χ3v) is 4.11. The average molecular weight is 357 g/mol. The Morgan fingerprint density at radius 1 is 1.28 bits per heavy atom. The standard InChI is InChI=1S/C18H19N3O3S/c1-3-10-19-18(23)14-7-4-5-8-15(14)20-17(22)12-24-21-13(2)16-9-6-11-25-16/h3-9,11H,1,10,12H2,2H3,(H,19,23)(H,20,22). The summed E-state index contributed by atoms with van der Waals surface area (Å²) in [6, 6.07) is 10.6. The smallest absolute Gasteiger partial charge is 0.265 e. The Balaban J connectivity index is 1.93. The van der Waals surface area contributed by atoms with Crippen LogP contribution in [-0.2, 0) is 9.63 Å². The fourth-order valence-corrected chi connectivity index (χ4v) is 2.62. The molecule has 0 aliphatic carbocycles. The van der Waals surface area contributed by atoms with E-state index >= 15 is 0 Å². The topological polar surface area (TPSA) is 79.8 Å². The van der Waals surface area contributed by atoms with Crippen molar-refractivity contribution in [1.82, 2.24) is 5.32 Å². The molecule has 25 heavy (non-hydrogen) atoms. The van der Waals surface area contributed by atoms with Gasteiger partial charge >= 0.3 is 0 Å². The number of hydrogen-bond acceptors (Lipinski definition) is 5. The van der Waals surface area contributed by atoms with Gasteiger partial charge in [-0.15, -0.1) is 17.9 Å². The molecule has 1 aromatic heterocycles. The summed E-state index contributed by atoms with van der Waals surface area (Å²) in [5.74, 6) is -0.685. The van der Waals surface area contributed by atoms with Gasteiger partial charge in [0.05, 0.1) is 21.8 Å². The van der Waals surface area contributed by atoms with Crippen LogP contribution in [0.4, 0.5) is 5.69 Å². The number of carbonyl (C=O) groups excluding carboxylic acids is 2. The van der Waals surface area contributed by atoms with Gasteiger partial charge in [0, 0.05) is 6.54 Å². The number of nitrogens with zero attached hydrogens (tertiary/aromatic N) is 1. The molecule has 2 rings (SSSR count). The largest absolute Gasteiger partial charge is 0.385 e. The Labute approximate surface area is 150 Å². The highest BCUT2D eigenvalue weighted by Gasteiger charge is 2.12. The molecule has 0 aliphatic rings. The van der Waals surface area contributed by atoms with E-state index in [1.54, 1.807) is 41.7 Å². The summed E-state index contributed by atoms with van der Waals surface area (Å²) < 4.78 is 0. The van der Waals surface area contributed by atoms with Crippen molar-refractivity contribution in [2.45, 2.75) is 6.92 Å². The van der Waals surface area contributed by atoms with Gasteiger partial charge in [0.2, 0.25) is 0 Å². The molecule has 0 unspecified atom stereocenters. The zero-order chi connectivity index (χ0) is 18.1. The maximum atomic E-state index is 12.1. The Kier molecular flexibility index (Phi) is 6.91. The van der Waals surface area contributed by atoms with E-state index in [1.165, 1.54) is 0 Å². The normalized spacial score (nSPS) is 10.8. The maximum Gasteiger partial charge on any atom is 0.265 e. The van der Waals surface area contributed by atoms with Crippen LogP contribution >= 0.6 is 11.3 Å². The second-order valence-corrected chi connectivity index (χ2v) is 5.97. The lowest BCUT2D eigenvalue weighted by Crippen LogP contribution is -2.26. The van der Waals surface area contributed by atoms with E-state index in [0.29, 0.717) is 23.5 Å². The summed E-state index contributed by atoms with van der Waals surface area (Å²) >= 11 is 1.54. The lowest BCUT2D eigenvalue weighted by atomic mass is 10.1. The van der Waals surface area contributed by atoms with E-state index in [2.05, 4.69) is 22.4 Å². The molecule has 130 valence electrons. The van der Waals surface area contributed by atoms with Crippen molar-refractivity contribution >= 4 is 34.6 Å². The third kappa shape index (κ3) is 5.58. The van der Waals surface area contributed by atoms with Gasteiger partial charge in [0.25, 0.3) is 11.8 Å². The Hall–Kier alpha value is -2.93. The molecule has 0 atom stereocenters. The van der Waals surface area contributed by atoms with Gasteiger partial charge in [-0.1, -0.05) is 29.4 Å². The fraction of sp³-hybridized carbons (Fsp3) is 0.167. The minimum atomic E-state index is -0.397. The number of carbonyl (C=O) groups is 2. The number of thiophene rings is 1. The first-order chi connectivity index (χ1) is 12.1. The molecule has 0 spiro atoms. The van der Waals surface area contributed by atoms with Crippen LogP contribution in [0.15, 0.2) is 59.6 Å². The van der Waals surface area contributed by atoms with Crippen molar-refractivity contribution in [3.05, 3.63) is 64.9 Å². The number of hydrogen-bond donors (Lipinski definition) is 2. The molecule has 1 heterocycles. The van der Waals surface area contributed by atoms with Gasteiger partial charge in [0.1, 0.15) is 0 Å². The summed E-state index contributed by atoms with van der Waals surface area (Å²) in [7, 11) is 0. The van der Waals surface area contributed by atoms with Gasteiger partial charge in [-0.05, 0) is 30.5 Å². The molecule has 0 radical (unpaired) electrons. The van der Waals surface area contributed by atoms with Crippen molar-refractivity contribution < 1.29 is 14.4 Å². The van der Waals surface area contributed by atoms with Crippen LogP contribution in [0.3, 0.4) is 0 Å². The Morgan fingerprint density at radius 3 is 2.80 bits per heavy atom. The second-order valence-electron chi connectivity index (χ2n) is 5.02. The van der Waals surface area contributed by atoms with E-state index in [0.717, 1.165) is 4.88 Å². The molecule has 0 bridgehead atoms. The molecule has 7 heteroatoms. The summed E-state index contributed by atoms with van der Waals surface area (Å²) in [6.07, 6.45) is 1.58. The number of para-hydroxylation sites is 1. The predicted molar refractivity (Wildman–Crippen MR) is 100 cm³/mol. The van der Waals surface area contributed by atoms with E-state index < -0.39 is 5.91 Å². The monoisotopic (exact) mass is 357 g/mol. The molecular formula is C18H19N3O3S. The first-order valence-corrected chi connectivity index (χ1v) is 8.48. The summed E-state index contributed by atoms with van der Waals surface area (Å²) in [6.45, 7) is 5.46. The number of anilines is 1. The van der Waals surface area contributed by atoms with Crippen molar-refractivity contribution in [2.75, 3.05) is 18.5 Å². The van der Waals surface area contributed by atoms with Crippen molar-refractivity contribution in [2.24, 2.45) is 5.16 Å². The van der Waals surface area contributed by atoms with Crippen LogP contribution in [0.1, 0.15) is 22.2 Å². The molecule has 0 aliphatic heterocycles. The number of benzene rings is 1. The molecular weight excluding hydrogens is 338 g/mol. The predicted octanol–water partition coefficient (Wildman–Crippen LogP) is 3.04. The lowest BCUT2D eigenvalue weighted by Gasteiger charge is -2.10. The van der Waals surface area contributed by atoms with E-state index in [4.69, 9.17) is 4.84 Å². The minimum absolute atomic E-state index is 0.245. The van der Waals surface area contributed by atoms with E-state index in [9.17, 15) is 9.59 Å². The average Bonchev–Trinajstić information content (AvgIpc) is 3.14. The third-order valence-electron chi connectivity index (χ3n) is 3.13. The van der Waals surface area contributed by atoms with Gasteiger partial charge < -0.3 is 15.5 Å². The molecule has 2 amide bonds. The zero-order valence-corrected chi connectivity index (χ0v) is 14.6. The van der Waals surface area contributed by atoms with Crippen molar-refractivity contribution in [3.8, 4) is 0 Å². The molecule has 2 aromatic rings. The van der Waals surface area contributed by atoms with E-state index in [-0.39, 0.29) is 12.5 Å². The van der Waals surface area contributed by atoms with Crippen LogP contribution in [0, 0.1) is 0 Å². The zero-order valence-electron chi connectivity index (χ0n) is 13.8.